The Labute approximate surface area is 173 Å². The number of esters is 1. The highest BCUT2D eigenvalue weighted by atomic mass is 16.5. The minimum atomic E-state index is -0.582. The summed E-state index contributed by atoms with van der Waals surface area (Å²) >= 11 is 0. The van der Waals surface area contributed by atoms with Crippen molar-refractivity contribution < 1.29 is 23.8 Å². The summed E-state index contributed by atoms with van der Waals surface area (Å²) in [5.74, 6) is 0.459. The van der Waals surface area contributed by atoms with Gasteiger partial charge in [-0.25, -0.2) is 14.5 Å². The van der Waals surface area contributed by atoms with Gasteiger partial charge in [-0.05, 0) is 55.5 Å². The summed E-state index contributed by atoms with van der Waals surface area (Å²) in [6.07, 6.45) is 2.97. The van der Waals surface area contributed by atoms with Gasteiger partial charge in [0.05, 0.1) is 24.4 Å². The van der Waals surface area contributed by atoms with Gasteiger partial charge in [-0.1, -0.05) is 0 Å². The number of hydrogen-bond acceptors (Lipinski definition) is 7. The third-order valence-corrected chi connectivity index (χ3v) is 3.95. The van der Waals surface area contributed by atoms with E-state index in [9.17, 15) is 9.59 Å². The molecule has 0 fully saturated rings. The van der Waals surface area contributed by atoms with Crippen LogP contribution in [-0.2, 0) is 9.53 Å². The second-order valence-electron chi connectivity index (χ2n) is 6.07. The van der Waals surface area contributed by atoms with E-state index >= 15 is 0 Å². The minimum Gasteiger partial charge on any atom is -0.494 e. The van der Waals surface area contributed by atoms with Crippen LogP contribution in [0.3, 0.4) is 0 Å². The smallest absolute Gasteiger partial charge is 0.338 e. The number of nitrogens with zero attached hydrogens (tertiary/aromatic N) is 3. The van der Waals surface area contributed by atoms with E-state index in [2.05, 4.69) is 15.4 Å². The van der Waals surface area contributed by atoms with Gasteiger partial charge >= 0.3 is 5.97 Å². The molecule has 30 heavy (non-hydrogen) atoms. The monoisotopic (exact) mass is 410 g/mol. The zero-order valence-corrected chi connectivity index (χ0v) is 16.5. The molecule has 0 aliphatic heterocycles. The Balaban J connectivity index is 1.34. The zero-order chi connectivity index (χ0) is 21.2. The number of hydrogen-bond donors (Lipinski definition) is 1. The van der Waals surface area contributed by atoms with E-state index in [-0.39, 0.29) is 19.8 Å². The van der Waals surface area contributed by atoms with Crippen molar-refractivity contribution in [1.82, 2.24) is 20.1 Å². The molecular weight excluding hydrogens is 388 g/mol. The van der Waals surface area contributed by atoms with Crippen molar-refractivity contribution in [2.45, 2.75) is 6.92 Å². The van der Waals surface area contributed by atoms with Crippen molar-refractivity contribution in [2.24, 2.45) is 0 Å². The van der Waals surface area contributed by atoms with Crippen molar-refractivity contribution in [3.05, 3.63) is 66.7 Å². The highest BCUT2D eigenvalue weighted by Crippen LogP contribution is 2.17. The minimum absolute atomic E-state index is 0.288. The third-order valence-electron chi connectivity index (χ3n) is 3.95. The van der Waals surface area contributed by atoms with Crippen molar-refractivity contribution in [3.63, 3.8) is 0 Å². The normalized spacial score (nSPS) is 10.3. The molecular formula is C21H22N4O5. The molecule has 2 aromatic carbocycles. The number of carbonyl (C=O) groups is 2. The molecule has 9 nitrogen and oxygen atoms in total. The second kappa shape index (κ2) is 10.6. The lowest BCUT2D eigenvalue weighted by Gasteiger charge is -2.09. The highest BCUT2D eigenvalue weighted by molar-refractivity contribution is 5.91. The van der Waals surface area contributed by atoms with Crippen LogP contribution in [0.25, 0.3) is 5.69 Å². The van der Waals surface area contributed by atoms with E-state index in [1.807, 2.05) is 19.1 Å². The van der Waals surface area contributed by atoms with Crippen LogP contribution in [0.5, 0.6) is 11.5 Å². The van der Waals surface area contributed by atoms with Crippen molar-refractivity contribution in [2.75, 3.05) is 26.4 Å². The molecule has 1 aromatic heterocycles. The molecule has 0 saturated carbocycles. The maximum Gasteiger partial charge on any atom is 0.338 e. The van der Waals surface area contributed by atoms with Gasteiger partial charge in [-0.2, -0.15) is 5.10 Å². The lowest BCUT2D eigenvalue weighted by molar-refractivity contribution is -0.124. The van der Waals surface area contributed by atoms with Gasteiger partial charge in [-0.3, -0.25) is 4.79 Å². The Morgan fingerprint density at radius 3 is 2.33 bits per heavy atom. The molecule has 156 valence electrons. The van der Waals surface area contributed by atoms with Crippen LogP contribution in [0.15, 0.2) is 61.2 Å². The van der Waals surface area contributed by atoms with Crippen molar-refractivity contribution in [3.8, 4) is 17.2 Å². The third kappa shape index (κ3) is 6.06. The maximum atomic E-state index is 12.1. The largest absolute Gasteiger partial charge is 0.494 e. The summed E-state index contributed by atoms with van der Waals surface area (Å²) in [4.78, 5) is 27.8. The first-order valence-electron chi connectivity index (χ1n) is 9.40. The van der Waals surface area contributed by atoms with Crippen LogP contribution in [0.1, 0.15) is 17.3 Å². The molecule has 0 unspecified atom stereocenters. The standard InChI is InChI=1S/C21H22N4O5/c1-2-28-18-7-9-19(10-8-18)29-12-11-23-20(26)13-30-21(27)16-3-5-17(6-4-16)25-15-22-14-24-25/h3-10,14-15H,2,11-13H2,1H3,(H,23,26). The van der Waals surface area contributed by atoms with Gasteiger partial charge in [0.25, 0.3) is 5.91 Å². The molecule has 1 N–H and O–H groups in total. The number of aromatic nitrogens is 3. The van der Waals surface area contributed by atoms with Crippen LogP contribution in [0, 0.1) is 0 Å². The summed E-state index contributed by atoms with van der Waals surface area (Å²) in [5.41, 5.74) is 1.10. The van der Waals surface area contributed by atoms with Gasteiger partial charge < -0.3 is 19.5 Å². The number of benzene rings is 2. The van der Waals surface area contributed by atoms with Crippen LogP contribution in [-0.4, -0.2) is 53.0 Å². The summed E-state index contributed by atoms with van der Waals surface area (Å²) in [5, 5.41) is 6.64. The van der Waals surface area contributed by atoms with Crippen LogP contribution in [0.2, 0.25) is 0 Å². The zero-order valence-electron chi connectivity index (χ0n) is 16.5. The van der Waals surface area contributed by atoms with E-state index in [1.165, 1.54) is 6.33 Å². The predicted molar refractivity (Wildman–Crippen MR) is 108 cm³/mol. The molecule has 1 heterocycles. The average molecular weight is 410 g/mol. The van der Waals surface area contributed by atoms with Crippen LogP contribution < -0.4 is 14.8 Å². The van der Waals surface area contributed by atoms with Crippen LogP contribution in [0.4, 0.5) is 0 Å². The second-order valence-corrected chi connectivity index (χ2v) is 6.07. The Kier molecular flexibility index (Phi) is 7.37. The highest BCUT2D eigenvalue weighted by Gasteiger charge is 2.10. The summed E-state index contributed by atoms with van der Waals surface area (Å²) < 4.78 is 17.5. The summed E-state index contributed by atoms with van der Waals surface area (Å²) in [7, 11) is 0. The fourth-order valence-electron chi connectivity index (χ4n) is 2.52. The van der Waals surface area contributed by atoms with Gasteiger partial charge in [0.2, 0.25) is 0 Å². The number of rotatable bonds is 10. The van der Waals surface area contributed by atoms with E-state index in [0.717, 1.165) is 11.4 Å². The summed E-state index contributed by atoms with van der Waals surface area (Å²) in [6, 6.07) is 13.8. The predicted octanol–water partition coefficient (Wildman–Crippen LogP) is 2.02. The lowest BCUT2D eigenvalue weighted by atomic mass is 10.2. The first kappa shape index (κ1) is 20.8. The number of nitrogens with one attached hydrogen (secondary N) is 1. The number of ether oxygens (including phenoxy) is 3. The van der Waals surface area contributed by atoms with Crippen LogP contribution >= 0.6 is 0 Å². The molecule has 3 rings (SSSR count). The van der Waals surface area contributed by atoms with Gasteiger partial charge in [-0.15, -0.1) is 0 Å². The van der Waals surface area contributed by atoms with Gasteiger partial charge in [0.1, 0.15) is 30.8 Å². The molecule has 0 atom stereocenters. The topological polar surface area (TPSA) is 105 Å². The quantitative estimate of drug-likeness (QED) is 0.403. The first-order valence-corrected chi connectivity index (χ1v) is 9.40. The van der Waals surface area contributed by atoms with E-state index in [1.54, 1.807) is 47.4 Å². The Hall–Kier alpha value is -3.88. The maximum absolute atomic E-state index is 12.1. The fraction of sp³-hybridized carbons (Fsp3) is 0.238. The van der Waals surface area contributed by atoms with Crippen molar-refractivity contribution in [1.29, 1.82) is 0 Å². The average Bonchev–Trinajstić information content (AvgIpc) is 3.31. The van der Waals surface area contributed by atoms with Gasteiger partial charge in [0, 0.05) is 0 Å². The molecule has 0 bridgehead atoms. The molecule has 9 heteroatoms. The molecule has 1 amide bonds. The van der Waals surface area contributed by atoms with Gasteiger partial charge in [0.15, 0.2) is 6.61 Å². The lowest BCUT2D eigenvalue weighted by Crippen LogP contribution is -2.32. The Morgan fingerprint density at radius 2 is 1.70 bits per heavy atom. The SMILES string of the molecule is CCOc1ccc(OCCNC(=O)COC(=O)c2ccc(-n3cncn3)cc2)cc1. The Bertz CT molecular complexity index is 941. The molecule has 0 radical (unpaired) electrons. The number of carbonyl (C=O) groups excluding carboxylic acids is 2. The molecule has 3 aromatic rings. The molecule has 0 aliphatic rings. The van der Waals surface area contributed by atoms with E-state index in [4.69, 9.17) is 14.2 Å². The molecule has 0 aliphatic carbocycles. The fourth-order valence-corrected chi connectivity index (χ4v) is 2.52. The number of amides is 1. The first-order chi connectivity index (χ1) is 14.7. The summed E-state index contributed by atoms with van der Waals surface area (Å²) in [6.45, 7) is 2.73. The van der Waals surface area contributed by atoms with Crippen molar-refractivity contribution >= 4 is 11.9 Å². The van der Waals surface area contributed by atoms with E-state index in [0.29, 0.717) is 17.9 Å². The molecule has 0 saturated heterocycles. The molecule has 0 spiro atoms. The van der Waals surface area contributed by atoms with E-state index < -0.39 is 11.9 Å². The Morgan fingerprint density at radius 1 is 1.00 bits per heavy atom.